The SMILES string of the molecule is CC(=O)N(Cc1ccccc1)c1ncc(-c2cc(Cl)ccc2O)cn1. The summed E-state index contributed by atoms with van der Waals surface area (Å²) in [5.74, 6) is 0.247. The maximum atomic E-state index is 12.0. The number of amides is 1. The Hall–Kier alpha value is -2.92. The molecule has 0 fully saturated rings. The zero-order valence-electron chi connectivity index (χ0n) is 13.6. The topological polar surface area (TPSA) is 66.3 Å². The fraction of sp³-hybridized carbons (Fsp3) is 0.105. The van der Waals surface area contributed by atoms with Gasteiger partial charge < -0.3 is 5.11 Å². The third kappa shape index (κ3) is 3.95. The maximum absolute atomic E-state index is 12.0. The first-order valence-corrected chi connectivity index (χ1v) is 8.05. The average molecular weight is 354 g/mol. The first kappa shape index (κ1) is 16.9. The van der Waals surface area contributed by atoms with E-state index in [0.29, 0.717) is 28.6 Å². The Kier molecular flexibility index (Phi) is 4.95. The lowest BCUT2D eigenvalue weighted by Gasteiger charge is -2.19. The van der Waals surface area contributed by atoms with E-state index in [-0.39, 0.29) is 11.7 Å². The van der Waals surface area contributed by atoms with E-state index in [0.717, 1.165) is 5.56 Å². The zero-order chi connectivity index (χ0) is 17.8. The number of carbonyl (C=O) groups excluding carboxylic acids is 1. The molecule has 1 heterocycles. The first-order chi connectivity index (χ1) is 12.0. The largest absolute Gasteiger partial charge is 0.507 e. The normalized spacial score (nSPS) is 10.5. The Balaban J connectivity index is 1.89. The molecule has 1 aromatic heterocycles. The van der Waals surface area contributed by atoms with Crippen LogP contribution in [-0.4, -0.2) is 21.0 Å². The number of benzene rings is 2. The Labute approximate surface area is 150 Å². The maximum Gasteiger partial charge on any atom is 0.232 e. The van der Waals surface area contributed by atoms with Crippen molar-refractivity contribution in [1.82, 2.24) is 9.97 Å². The quantitative estimate of drug-likeness (QED) is 0.768. The van der Waals surface area contributed by atoms with Crippen LogP contribution < -0.4 is 4.90 Å². The fourth-order valence-corrected chi connectivity index (χ4v) is 2.60. The highest BCUT2D eigenvalue weighted by atomic mass is 35.5. The van der Waals surface area contributed by atoms with Gasteiger partial charge in [0.25, 0.3) is 0 Å². The van der Waals surface area contributed by atoms with Gasteiger partial charge in [-0.05, 0) is 23.8 Å². The second kappa shape index (κ2) is 7.32. The molecular formula is C19H16ClN3O2. The molecule has 0 saturated carbocycles. The zero-order valence-corrected chi connectivity index (χ0v) is 14.3. The summed E-state index contributed by atoms with van der Waals surface area (Å²) in [5, 5.41) is 10.5. The Morgan fingerprint density at radius 2 is 1.80 bits per heavy atom. The van der Waals surface area contributed by atoms with Gasteiger partial charge in [0.1, 0.15) is 5.75 Å². The smallest absolute Gasteiger partial charge is 0.232 e. The van der Waals surface area contributed by atoms with Crippen molar-refractivity contribution in [2.24, 2.45) is 0 Å². The Bertz CT molecular complexity index is 883. The van der Waals surface area contributed by atoms with E-state index in [4.69, 9.17) is 11.6 Å². The molecule has 0 aliphatic carbocycles. The number of aromatic hydroxyl groups is 1. The molecular weight excluding hydrogens is 338 g/mol. The van der Waals surface area contributed by atoms with E-state index < -0.39 is 0 Å². The van der Waals surface area contributed by atoms with E-state index in [2.05, 4.69) is 9.97 Å². The lowest BCUT2D eigenvalue weighted by molar-refractivity contribution is -0.116. The van der Waals surface area contributed by atoms with Crippen LogP contribution in [0.25, 0.3) is 11.1 Å². The van der Waals surface area contributed by atoms with Crippen molar-refractivity contribution in [1.29, 1.82) is 0 Å². The molecule has 0 saturated heterocycles. The summed E-state index contributed by atoms with van der Waals surface area (Å²) in [6.07, 6.45) is 3.13. The number of halogens is 1. The second-order valence-electron chi connectivity index (χ2n) is 5.52. The summed E-state index contributed by atoms with van der Waals surface area (Å²) >= 11 is 5.98. The number of carbonyl (C=O) groups is 1. The highest BCUT2D eigenvalue weighted by Crippen LogP contribution is 2.31. The van der Waals surface area contributed by atoms with Gasteiger partial charge in [-0.2, -0.15) is 0 Å². The van der Waals surface area contributed by atoms with Gasteiger partial charge in [-0.1, -0.05) is 41.9 Å². The molecule has 6 heteroatoms. The third-order valence-corrected chi connectivity index (χ3v) is 3.95. The predicted molar refractivity (Wildman–Crippen MR) is 97.4 cm³/mol. The van der Waals surface area contributed by atoms with Gasteiger partial charge in [-0.3, -0.25) is 9.69 Å². The van der Waals surface area contributed by atoms with Gasteiger partial charge in [0.15, 0.2) is 0 Å². The van der Waals surface area contributed by atoms with Crippen molar-refractivity contribution in [2.75, 3.05) is 4.90 Å². The molecule has 3 rings (SSSR count). The molecule has 25 heavy (non-hydrogen) atoms. The lowest BCUT2D eigenvalue weighted by atomic mass is 10.1. The Morgan fingerprint density at radius 1 is 1.12 bits per heavy atom. The van der Waals surface area contributed by atoms with E-state index in [9.17, 15) is 9.90 Å². The number of aromatic nitrogens is 2. The predicted octanol–water partition coefficient (Wildman–Crippen LogP) is 4.06. The molecule has 3 aromatic rings. The van der Waals surface area contributed by atoms with E-state index >= 15 is 0 Å². The minimum Gasteiger partial charge on any atom is -0.507 e. The second-order valence-corrected chi connectivity index (χ2v) is 5.96. The van der Waals surface area contributed by atoms with Crippen molar-refractivity contribution in [3.63, 3.8) is 0 Å². The van der Waals surface area contributed by atoms with Crippen molar-refractivity contribution in [2.45, 2.75) is 13.5 Å². The van der Waals surface area contributed by atoms with Gasteiger partial charge in [0, 0.05) is 35.5 Å². The molecule has 0 aliphatic heterocycles. The summed E-state index contributed by atoms with van der Waals surface area (Å²) in [4.78, 5) is 22.1. The highest BCUT2D eigenvalue weighted by molar-refractivity contribution is 6.31. The van der Waals surface area contributed by atoms with E-state index in [1.165, 1.54) is 17.9 Å². The third-order valence-electron chi connectivity index (χ3n) is 3.71. The van der Waals surface area contributed by atoms with Crippen molar-refractivity contribution in [3.05, 3.63) is 71.5 Å². The molecule has 1 N–H and O–H groups in total. The Morgan fingerprint density at radius 3 is 2.44 bits per heavy atom. The van der Waals surface area contributed by atoms with E-state index in [1.807, 2.05) is 30.3 Å². The minimum absolute atomic E-state index is 0.0912. The van der Waals surface area contributed by atoms with Gasteiger partial charge in [-0.15, -0.1) is 0 Å². The van der Waals surface area contributed by atoms with E-state index in [1.54, 1.807) is 24.5 Å². The fourth-order valence-electron chi connectivity index (χ4n) is 2.43. The number of phenols is 1. The number of hydrogen-bond acceptors (Lipinski definition) is 4. The van der Waals surface area contributed by atoms with Crippen LogP contribution in [0.4, 0.5) is 5.95 Å². The van der Waals surface area contributed by atoms with Gasteiger partial charge >= 0.3 is 0 Å². The van der Waals surface area contributed by atoms with Gasteiger partial charge in [0.2, 0.25) is 11.9 Å². The molecule has 0 unspecified atom stereocenters. The van der Waals surface area contributed by atoms with Crippen LogP contribution >= 0.6 is 11.6 Å². The molecule has 1 amide bonds. The first-order valence-electron chi connectivity index (χ1n) is 7.67. The molecule has 0 atom stereocenters. The standard InChI is InChI=1S/C19H16ClN3O2/c1-13(24)23(12-14-5-3-2-4-6-14)19-21-10-15(11-22-19)17-9-16(20)7-8-18(17)25/h2-11,25H,12H2,1H3. The summed E-state index contributed by atoms with van der Waals surface area (Å²) in [6.45, 7) is 1.86. The number of anilines is 1. The van der Waals surface area contributed by atoms with Crippen LogP contribution in [-0.2, 0) is 11.3 Å². The van der Waals surface area contributed by atoms with Gasteiger partial charge in [0.05, 0.1) is 6.54 Å². The molecule has 0 bridgehead atoms. The molecule has 0 spiro atoms. The van der Waals surface area contributed by atoms with Crippen molar-refractivity contribution < 1.29 is 9.90 Å². The number of hydrogen-bond donors (Lipinski definition) is 1. The minimum atomic E-state index is -0.151. The molecule has 2 aromatic carbocycles. The monoisotopic (exact) mass is 353 g/mol. The number of nitrogens with zero attached hydrogens (tertiary/aromatic N) is 3. The van der Waals surface area contributed by atoms with Crippen LogP contribution in [0.1, 0.15) is 12.5 Å². The highest BCUT2D eigenvalue weighted by Gasteiger charge is 2.15. The summed E-state index contributed by atoms with van der Waals surface area (Å²) in [6, 6.07) is 14.4. The lowest BCUT2D eigenvalue weighted by Crippen LogP contribution is -2.29. The van der Waals surface area contributed by atoms with Crippen LogP contribution in [0.15, 0.2) is 60.9 Å². The summed E-state index contributed by atoms with van der Waals surface area (Å²) in [7, 11) is 0. The van der Waals surface area contributed by atoms with Gasteiger partial charge in [-0.25, -0.2) is 9.97 Å². The average Bonchev–Trinajstić information content (AvgIpc) is 2.63. The van der Waals surface area contributed by atoms with Crippen LogP contribution in [0, 0.1) is 0 Å². The van der Waals surface area contributed by atoms with Crippen LogP contribution in [0.3, 0.4) is 0 Å². The van der Waals surface area contributed by atoms with Crippen LogP contribution in [0.5, 0.6) is 5.75 Å². The molecule has 126 valence electrons. The number of phenolic OH excluding ortho intramolecular Hbond substituents is 1. The van der Waals surface area contributed by atoms with Crippen molar-refractivity contribution in [3.8, 4) is 16.9 Å². The summed E-state index contributed by atoms with van der Waals surface area (Å²) in [5.41, 5.74) is 2.14. The summed E-state index contributed by atoms with van der Waals surface area (Å²) < 4.78 is 0. The molecule has 0 radical (unpaired) electrons. The molecule has 5 nitrogen and oxygen atoms in total. The molecule has 0 aliphatic rings. The van der Waals surface area contributed by atoms with Crippen LogP contribution in [0.2, 0.25) is 5.02 Å². The van der Waals surface area contributed by atoms with Crippen molar-refractivity contribution >= 4 is 23.5 Å². The number of rotatable bonds is 4.